The average Bonchev–Trinajstić information content (AvgIpc) is 2.68. The maximum atomic E-state index is 12.6. The summed E-state index contributed by atoms with van der Waals surface area (Å²) in [6, 6.07) is 8.10. The van der Waals surface area contributed by atoms with E-state index in [1.54, 1.807) is 0 Å². The predicted molar refractivity (Wildman–Crippen MR) is 82.4 cm³/mol. The van der Waals surface area contributed by atoms with Crippen LogP contribution in [0.4, 0.5) is 0 Å². The quantitative estimate of drug-likeness (QED) is 0.795. The van der Waals surface area contributed by atoms with E-state index in [0.717, 1.165) is 44.1 Å². The van der Waals surface area contributed by atoms with Crippen LogP contribution in [-0.2, 0) is 17.2 Å². The molecule has 0 spiro atoms. The van der Waals surface area contributed by atoms with E-state index in [1.165, 1.54) is 5.56 Å². The zero-order chi connectivity index (χ0) is 14.1. The number of carbonyl (C=O) groups excluding carboxylic acids is 1. The van der Waals surface area contributed by atoms with Crippen molar-refractivity contribution in [2.75, 3.05) is 0 Å². The van der Waals surface area contributed by atoms with Gasteiger partial charge in [-0.2, -0.15) is 0 Å². The molecule has 0 N–H and O–H groups in total. The molecule has 2 aliphatic heterocycles. The van der Waals surface area contributed by atoms with E-state index in [4.69, 9.17) is 0 Å². The summed E-state index contributed by atoms with van der Waals surface area (Å²) in [7, 11) is -0.671. The molecular weight excluding hydrogens is 268 g/mol. The van der Waals surface area contributed by atoms with Gasteiger partial charge in [-0.15, -0.1) is 0 Å². The molecule has 2 heterocycles. The van der Waals surface area contributed by atoms with Crippen molar-refractivity contribution in [1.29, 1.82) is 0 Å². The maximum Gasteiger partial charge on any atom is 0.166 e. The maximum absolute atomic E-state index is 12.6. The molecule has 1 aromatic rings. The second kappa shape index (κ2) is 5.80. The van der Waals surface area contributed by atoms with Crippen LogP contribution in [-0.4, -0.2) is 20.5 Å². The lowest BCUT2D eigenvalue weighted by molar-refractivity contribution is 0.0906. The van der Waals surface area contributed by atoms with Crippen LogP contribution in [0.25, 0.3) is 0 Å². The number of hydrogen-bond donors (Lipinski definition) is 0. The lowest BCUT2D eigenvalue weighted by atomic mass is 9.90. The Kier molecular flexibility index (Phi) is 4.06. The van der Waals surface area contributed by atoms with Gasteiger partial charge < -0.3 is 0 Å². The normalized spacial score (nSPS) is 32.2. The Labute approximate surface area is 123 Å². The zero-order valence-electron chi connectivity index (χ0n) is 12.0. The third-order valence-electron chi connectivity index (χ3n) is 4.71. The molecule has 1 aromatic carbocycles. The minimum Gasteiger partial charge on any atom is -0.294 e. The van der Waals surface area contributed by atoms with Gasteiger partial charge >= 0.3 is 0 Å². The summed E-state index contributed by atoms with van der Waals surface area (Å²) in [6.07, 6.45) is 5.97. The van der Waals surface area contributed by atoms with Crippen molar-refractivity contribution in [2.45, 2.75) is 55.9 Å². The molecule has 3 rings (SSSR count). The van der Waals surface area contributed by atoms with Crippen LogP contribution in [0.5, 0.6) is 0 Å². The molecule has 0 amide bonds. The van der Waals surface area contributed by atoms with Crippen molar-refractivity contribution in [3.63, 3.8) is 0 Å². The van der Waals surface area contributed by atoms with Gasteiger partial charge in [0.05, 0.1) is 0 Å². The summed E-state index contributed by atoms with van der Waals surface area (Å²) in [5.74, 6) is 0.365. The van der Waals surface area contributed by atoms with E-state index >= 15 is 0 Å². The lowest BCUT2D eigenvalue weighted by Crippen LogP contribution is -2.32. The summed E-state index contributed by atoms with van der Waals surface area (Å²) in [5.41, 5.74) is 2.14. The monoisotopic (exact) mass is 290 g/mol. The summed E-state index contributed by atoms with van der Waals surface area (Å²) in [5, 5.41) is 0.559. The Morgan fingerprint density at radius 1 is 1.15 bits per heavy atom. The highest BCUT2D eigenvalue weighted by Gasteiger charge is 2.42. The van der Waals surface area contributed by atoms with Crippen molar-refractivity contribution < 1.29 is 9.00 Å². The van der Waals surface area contributed by atoms with Gasteiger partial charge in [0.1, 0.15) is 0 Å². The van der Waals surface area contributed by atoms with Crippen LogP contribution in [0.3, 0.4) is 0 Å². The Bertz CT molecular complexity index is 504. The minimum absolute atomic E-state index is 0.0993. The standard InChI is InChI=1S/C17H22O2S/c1-2-3-12-4-6-13(7-5-12)17(18)14-10-15-8-9-16(11-14)20(15)19/h4-7,14-16H,2-3,8-11H2,1H3. The number of benzene rings is 1. The SMILES string of the molecule is CCCc1ccc(C(=O)C2CC3CCC(C2)S3=O)cc1. The Morgan fingerprint density at radius 2 is 1.75 bits per heavy atom. The van der Waals surface area contributed by atoms with Gasteiger partial charge in [0.2, 0.25) is 0 Å². The molecule has 2 nitrogen and oxygen atoms in total. The predicted octanol–water partition coefficient (Wildman–Crippen LogP) is 3.51. The third kappa shape index (κ3) is 2.60. The molecule has 2 saturated heterocycles. The molecular formula is C17H22O2S. The van der Waals surface area contributed by atoms with Crippen molar-refractivity contribution in [3.05, 3.63) is 35.4 Å². The van der Waals surface area contributed by atoms with Crippen LogP contribution in [0, 0.1) is 5.92 Å². The molecule has 2 atom stereocenters. The van der Waals surface area contributed by atoms with Gasteiger partial charge in [-0.3, -0.25) is 9.00 Å². The molecule has 0 aromatic heterocycles. The van der Waals surface area contributed by atoms with E-state index in [9.17, 15) is 9.00 Å². The molecule has 2 bridgehead atoms. The number of fused-ring (bicyclic) bond motifs is 2. The van der Waals surface area contributed by atoms with Gasteiger partial charge in [0.15, 0.2) is 5.78 Å². The van der Waals surface area contributed by atoms with E-state index < -0.39 is 10.8 Å². The summed E-state index contributed by atoms with van der Waals surface area (Å²) in [4.78, 5) is 12.6. The van der Waals surface area contributed by atoms with Crippen LogP contribution in [0.2, 0.25) is 0 Å². The molecule has 2 unspecified atom stereocenters. The Hall–Kier alpha value is -0.960. The second-order valence-corrected chi connectivity index (χ2v) is 8.12. The molecule has 108 valence electrons. The highest BCUT2D eigenvalue weighted by atomic mass is 32.2. The van der Waals surface area contributed by atoms with Crippen molar-refractivity contribution >= 4 is 16.6 Å². The lowest BCUT2D eigenvalue weighted by Gasteiger charge is -2.26. The molecule has 2 fully saturated rings. The first-order chi connectivity index (χ1) is 9.69. The smallest absolute Gasteiger partial charge is 0.166 e. The van der Waals surface area contributed by atoms with E-state index in [2.05, 4.69) is 19.1 Å². The fourth-order valence-corrected chi connectivity index (χ4v) is 5.73. The largest absolute Gasteiger partial charge is 0.294 e. The highest BCUT2D eigenvalue weighted by Crippen LogP contribution is 2.39. The van der Waals surface area contributed by atoms with Crippen LogP contribution in [0.15, 0.2) is 24.3 Å². The summed E-state index contributed by atoms with van der Waals surface area (Å²) >= 11 is 0. The van der Waals surface area contributed by atoms with Gasteiger partial charge in [-0.05, 0) is 37.7 Å². The number of hydrogen-bond acceptors (Lipinski definition) is 2. The van der Waals surface area contributed by atoms with Crippen molar-refractivity contribution in [1.82, 2.24) is 0 Å². The molecule has 0 radical (unpaired) electrons. The molecule has 20 heavy (non-hydrogen) atoms. The Morgan fingerprint density at radius 3 is 2.30 bits per heavy atom. The van der Waals surface area contributed by atoms with Gasteiger partial charge in [0, 0.05) is 32.8 Å². The van der Waals surface area contributed by atoms with Crippen LogP contribution >= 0.6 is 0 Å². The van der Waals surface area contributed by atoms with Gasteiger partial charge in [-0.25, -0.2) is 0 Å². The second-order valence-electron chi connectivity index (χ2n) is 6.13. The molecule has 0 saturated carbocycles. The first-order valence-electron chi connectivity index (χ1n) is 7.71. The minimum atomic E-state index is -0.671. The molecule has 2 aliphatic rings. The summed E-state index contributed by atoms with van der Waals surface area (Å²) < 4.78 is 12.0. The summed E-state index contributed by atoms with van der Waals surface area (Å²) in [6.45, 7) is 2.16. The number of aryl methyl sites for hydroxylation is 1. The van der Waals surface area contributed by atoms with Crippen molar-refractivity contribution in [2.24, 2.45) is 5.92 Å². The fraction of sp³-hybridized carbons (Fsp3) is 0.588. The zero-order valence-corrected chi connectivity index (χ0v) is 12.8. The van der Waals surface area contributed by atoms with E-state index in [1.807, 2.05) is 12.1 Å². The number of rotatable bonds is 4. The van der Waals surface area contributed by atoms with Crippen LogP contribution in [0.1, 0.15) is 54.9 Å². The van der Waals surface area contributed by atoms with Crippen molar-refractivity contribution in [3.8, 4) is 0 Å². The Balaban J connectivity index is 1.71. The average molecular weight is 290 g/mol. The topological polar surface area (TPSA) is 34.1 Å². The van der Waals surface area contributed by atoms with Crippen LogP contribution < -0.4 is 0 Å². The fourth-order valence-electron chi connectivity index (χ4n) is 3.61. The van der Waals surface area contributed by atoms with Gasteiger partial charge in [0.25, 0.3) is 0 Å². The molecule has 0 aliphatic carbocycles. The van der Waals surface area contributed by atoms with Gasteiger partial charge in [-0.1, -0.05) is 37.6 Å². The number of carbonyl (C=O) groups is 1. The number of ketones is 1. The van der Waals surface area contributed by atoms with E-state index in [-0.39, 0.29) is 22.2 Å². The molecule has 3 heteroatoms. The first-order valence-corrected chi connectivity index (χ1v) is 8.99. The highest BCUT2D eigenvalue weighted by molar-refractivity contribution is 7.86. The number of Topliss-reactive ketones (excluding diaryl/α,β-unsaturated/α-hetero) is 1. The third-order valence-corrected chi connectivity index (χ3v) is 6.88. The first kappa shape index (κ1) is 14.0. The van der Waals surface area contributed by atoms with E-state index in [0.29, 0.717) is 0 Å².